The van der Waals surface area contributed by atoms with Crippen molar-refractivity contribution in [2.45, 2.75) is 39.3 Å². The van der Waals surface area contributed by atoms with Gasteiger partial charge in [-0.3, -0.25) is 9.48 Å². The van der Waals surface area contributed by atoms with E-state index in [1.54, 1.807) is 12.5 Å². The Morgan fingerprint density at radius 2 is 2.38 bits per heavy atom. The molecule has 0 aromatic carbocycles. The van der Waals surface area contributed by atoms with E-state index in [4.69, 9.17) is 10.2 Å². The maximum atomic E-state index is 12.3. The molecule has 0 fully saturated rings. The lowest BCUT2D eigenvalue weighted by Crippen LogP contribution is -2.34. The first-order valence-electron chi connectivity index (χ1n) is 7.17. The number of aromatic nitrogens is 2. The van der Waals surface area contributed by atoms with E-state index in [0.717, 1.165) is 24.4 Å². The third-order valence-electron chi connectivity index (χ3n) is 3.39. The van der Waals surface area contributed by atoms with Crippen LogP contribution in [0.3, 0.4) is 0 Å². The summed E-state index contributed by atoms with van der Waals surface area (Å²) in [6.07, 6.45) is 4.76. The van der Waals surface area contributed by atoms with E-state index in [9.17, 15) is 4.79 Å². The van der Waals surface area contributed by atoms with Crippen LogP contribution in [0.5, 0.6) is 0 Å². The van der Waals surface area contributed by atoms with Crippen molar-refractivity contribution in [3.05, 3.63) is 41.6 Å². The molecule has 0 radical (unpaired) electrons. The Balaban J connectivity index is 1.95. The largest absolute Gasteiger partial charge is 0.469 e. The molecule has 0 aliphatic rings. The van der Waals surface area contributed by atoms with Crippen LogP contribution in [-0.4, -0.2) is 28.3 Å². The number of furan rings is 1. The number of nitrogens with two attached hydrogens (primary N) is 1. The van der Waals surface area contributed by atoms with Gasteiger partial charge in [0.1, 0.15) is 5.76 Å². The number of nitrogens with one attached hydrogen (secondary N) is 1. The van der Waals surface area contributed by atoms with Crippen molar-refractivity contribution in [3.63, 3.8) is 0 Å². The van der Waals surface area contributed by atoms with Crippen LogP contribution in [0.4, 0.5) is 0 Å². The van der Waals surface area contributed by atoms with E-state index in [1.807, 2.05) is 30.7 Å². The lowest BCUT2D eigenvalue weighted by Gasteiger charge is -2.12. The van der Waals surface area contributed by atoms with Gasteiger partial charge in [0.15, 0.2) is 0 Å². The van der Waals surface area contributed by atoms with E-state index in [0.29, 0.717) is 18.5 Å². The Labute approximate surface area is 124 Å². The molecule has 0 saturated carbocycles. The van der Waals surface area contributed by atoms with Crippen LogP contribution >= 0.6 is 0 Å². The van der Waals surface area contributed by atoms with Gasteiger partial charge in [-0.25, -0.2) is 0 Å². The van der Waals surface area contributed by atoms with Gasteiger partial charge in [0, 0.05) is 24.7 Å². The lowest BCUT2D eigenvalue weighted by molar-refractivity contribution is 0.0938. The van der Waals surface area contributed by atoms with Crippen LogP contribution in [0.25, 0.3) is 0 Å². The molecule has 3 N–H and O–H groups in total. The topological polar surface area (TPSA) is 86.1 Å². The molecule has 6 nitrogen and oxygen atoms in total. The third kappa shape index (κ3) is 3.95. The van der Waals surface area contributed by atoms with Crippen molar-refractivity contribution < 1.29 is 9.21 Å². The molecule has 0 saturated heterocycles. The van der Waals surface area contributed by atoms with Crippen LogP contribution in [0.2, 0.25) is 0 Å². The zero-order valence-corrected chi connectivity index (χ0v) is 12.5. The van der Waals surface area contributed by atoms with Gasteiger partial charge < -0.3 is 15.5 Å². The van der Waals surface area contributed by atoms with Crippen LogP contribution in [0, 0.1) is 6.92 Å². The summed E-state index contributed by atoms with van der Waals surface area (Å²) in [6, 6.07) is 3.74. The summed E-state index contributed by atoms with van der Waals surface area (Å²) in [6.45, 7) is 5.20. The Morgan fingerprint density at radius 3 is 3.05 bits per heavy atom. The van der Waals surface area contributed by atoms with E-state index in [-0.39, 0.29) is 11.9 Å². The number of amides is 1. The fourth-order valence-corrected chi connectivity index (χ4v) is 2.22. The summed E-state index contributed by atoms with van der Waals surface area (Å²) in [5.74, 6) is 0.753. The number of aryl methyl sites for hydroxylation is 1. The highest BCUT2D eigenvalue weighted by atomic mass is 16.3. The summed E-state index contributed by atoms with van der Waals surface area (Å²) in [7, 11) is 0. The molecule has 1 amide bonds. The maximum absolute atomic E-state index is 12.3. The molecule has 0 aliphatic carbocycles. The molecular formula is C15H22N4O2. The van der Waals surface area contributed by atoms with Crippen molar-refractivity contribution in [2.75, 3.05) is 6.54 Å². The predicted octanol–water partition coefficient (Wildman–Crippen LogP) is 1.49. The Kier molecular flexibility index (Phi) is 5.16. The molecule has 2 aromatic rings. The van der Waals surface area contributed by atoms with E-state index < -0.39 is 0 Å². The van der Waals surface area contributed by atoms with Gasteiger partial charge in [0.2, 0.25) is 0 Å². The number of rotatable bonds is 7. The molecule has 1 atom stereocenters. The third-order valence-corrected chi connectivity index (χ3v) is 3.39. The van der Waals surface area contributed by atoms with Crippen molar-refractivity contribution in [1.29, 1.82) is 0 Å². The highest BCUT2D eigenvalue weighted by Crippen LogP contribution is 2.09. The van der Waals surface area contributed by atoms with Crippen LogP contribution in [-0.2, 0) is 13.0 Å². The molecule has 21 heavy (non-hydrogen) atoms. The van der Waals surface area contributed by atoms with Gasteiger partial charge in [-0.2, -0.15) is 5.10 Å². The highest BCUT2D eigenvalue weighted by Gasteiger charge is 2.16. The second kappa shape index (κ2) is 7.08. The summed E-state index contributed by atoms with van der Waals surface area (Å²) < 4.78 is 7.10. The summed E-state index contributed by atoms with van der Waals surface area (Å²) in [4.78, 5) is 12.3. The van der Waals surface area contributed by atoms with Crippen molar-refractivity contribution in [3.8, 4) is 0 Å². The molecule has 114 valence electrons. The molecule has 0 spiro atoms. The van der Waals surface area contributed by atoms with Gasteiger partial charge >= 0.3 is 0 Å². The number of carbonyl (C=O) groups is 1. The van der Waals surface area contributed by atoms with Gasteiger partial charge in [0.25, 0.3) is 5.91 Å². The Morgan fingerprint density at radius 1 is 1.57 bits per heavy atom. The summed E-state index contributed by atoms with van der Waals surface area (Å²) in [5, 5.41) is 7.21. The molecule has 2 aromatic heterocycles. The fraction of sp³-hybridized carbons (Fsp3) is 0.467. The van der Waals surface area contributed by atoms with Crippen LogP contribution in [0.15, 0.2) is 29.0 Å². The zero-order chi connectivity index (χ0) is 15.2. The van der Waals surface area contributed by atoms with Crippen molar-refractivity contribution in [2.24, 2.45) is 5.73 Å². The van der Waals surface area contributed by atoms with Gasteiger partial charge in [-0.05, 0) is 38.9 Å². The van der Waals surface area contributed by atoms with Gasteiger partial charge in [-0.1, -0.05) is 0 Å². The fourth-order valence-electron chi connectivity index (χ4n) is 2.22. The molecular weight excluding hydrogens is 268 g/mol. The van der Waals surface area contributed by atoms with Crippen molar-refractivity contribution in [1.82, 2.24) is 15.1 Å². The predicted molar refractivity (Wildman–Crippen MR) is 80.0 cm³/mol. The number of hydrogen-bond acceptors (Lipinski definition) is 4. The summed E-state index contributed by atoms with van der Waals surface area (Å²) in [5.41, 5.74) is 6.97. The standard InChI is InChI=1S/C15H22N4O2/c1-11(9-13-5-3-8-21-13)18-15(20)14-10-17-19(12(14)2)7-4-6-16/h3,5,8,10-11H,4,6-7,9,16H2,1-2H3,(H,18,20). The Hall–Kier alpha value is -2.08. The smallest absolute Gasteiger partial charge is 0.254 e. The first-order chi connectivity index (χ1) is 10.1. The van der Waals surface area contributed by atoms with Crippen molar-refractivity contribution >= 4 is 5.91 Å². The number of nitrogens with zero attached hydrogens (tertiary/aromatic N) is 2. The quantitative estimate of drug-likeness (QED) is 0.809. The Bertz CT molecular complexity index is 575. The van der Waals surface area contributed by atoms with Crippen LogP contribution in [0.1, 0.15) is 35.2 Å². The van der Waals surface area contributed by atoms with Crippen LogP contribution < -0.4 is 11.1 Å². The van der Waals surface area contributed by atoms with E-state index >= 15 is 0 Å². The minimum atomic E-state index is -0.106. The highest BCUT2D eigenvalue weighted by molar-refractivity contribution is 5.95. The summed E-state index contributed by atoms with van der Waals surface area (Å²) >= 11 is 0. The number of hydrogen-bond donors (Lipinski definition) is 2. The second-order valence-electron chi connectivity index (χ2n) is 5.17. The molecule has 0 bridgehead atoms. The van der Waals surface area contributed by atoms with E-state index in [1.165, 1.54) is 0 Å². The first kappa shape index (κ1) is 15.3. The SMILES string of the molecule is Cc1c(C(=O)NC(C)Cc2ccco2)cnn1CCCN. The molecule has 1 unspecified atom stereocenters. The maximum Gasteiger partial charge on any atom is 0.254 e. The minimum absolute atomic E-state index is 0.00422. The normalized spacial score (nSPS) is 12.3. The second-order valence-corrected chi connectivity index (χ2v) is 5.17. The minimum Gasteiger partial charge on any atom is -0.469 e. The molecule has 6 heteroatoms. The number of carbonyl (C=O) groups excluding carboxylic acids is 1. The lowest BCUT2D eigenvalue weighted by atomic mass is 10.1. The van der Waals surface area contributed by atoms with Gasteiger partial charge in [-0.15, -0.1) is 0 Å². The molecule has 2 rings (SSSR count). The van der Waals surface area contributed by atoms with E-state index in [2.05, 4.69) is 10.4 Å². The van der Waals surface area contributed by atoms with Gasteiger partial charge in [0.05, 0.1) is 18.0 Å². The zero-order valence-electron chi connectivity index (χ0n) is 12.5. The average Bonchev–Trinajstić information content (AvgIpc) is 3.06. The molecule has 2 heterocycles. The molecule has 0 aliphatic heterocycles. The first-order valence-corrected chi connectivity index (χ1v) is 7.17. The monoisotopic (exact) mass is 290 g/mol. The average molecular weight is 290 g/mol.